The molecule has 7 nitrogen and oxygen atoms in total. The highest BCUT2D eigenvalue weighted by atomic mass is 16.3. The molecule has 1 amide bonds. The summed E-state index contributed by atoms with van der Waals surface area (Å²) in [6, 6.07) is 22.1. The van der Waals surface area contributed by atoms with Gasteiger partial charge in [-0.2, -0.15) is 5.10 Å². The van der Waals surface area contributed by atoms with Crippen molar-refractivity contribution in [2.75, 3.05) is 0 Å². The second-order valence-electron chi connectivity index (χ2n) is 9.32. The Balaban J connectivity index is 1.36. The van der Waals surface area contributed by atoms with Crippen LogP contribution < -0.4 is 5.73 Å². The van der Waals surface area contributed by atoms with Crippen LogP contribution >= 0.6 is 0 Å². The van der Waals surface area contributed by atoms with Gasteiger partial charge < -0.3 is 15.4 Å². The SMILES string of the molecule is Cc1cc(C(N)=O)nn1-c1ccc2c(ccn2Cc2ccc(-c3ccc(C(C)(C)O)cn3)cc2)c1. The van der Waals surface area contributed by atoms with Crippen LogP contribution in [-0.2, 0) is 12.1 Å². The molecule has 3 N–H and O–H groups in total. The Morgan fingerprint density at radius 1 is 1.03 bits per heavy atom. The van der Waals surface area contributed by atoms with E-state index in [0.29, 0.717) is 0 Å². The number of aromatic nitrogens is 4. The van der Waals surface area contributed by atoms with Crippen LogP contribution in [0.15, 0.2) is 79.1 Å². The Morgan fingerprint density at radius 3 is 2.43 bits per heavy atom. The van der Waals surface area contributed by atoms with Crippen molar-refractivity contribution in [2.45, 2.75) is 32.9 Å². The van der Waals surface area contributed by atoms with E-state index in [4.69, 9.17) is 5.73 Å². The lowest BCUT2D eigenvalue weighted by molar-refractivity contribution is 0.0782. The number of rotatable bonds is 6. The van der Waals surface area contributed by atoms with Gasteiger partial charge in [-0.15, -0.1) is 0 Å². The fraction of sp³-hybridized carbons (Fsp3) is 0.179. The molecule has 176 valence electrons. The molecule has 0 fully saturated rings. The Morgan fingerprint density at radius 2 is 1.80 bits per heavy atom. The second-order valence-corrected chi connectivity index (χ2v) is 9.32. The molecule has 3 aromatic heterocycles. The van der Waals surface area contributed by atoms with E-state index in [1.165, 1.54) is 5.56 Å². The Bertz CT molecular complexity index is 1520. The average Bonchev–Trinajstić information content (AvgIpc) is 3.42. The number of hydrogen-bond donors (Lipinski definition) is 2. The number of nitrogens with two attached hydrogens (primary N) is 1. The van der Waals surface area contributed by atoms with Crippen molar-refractivity contribution in [3.05, 3.63) is 102 Å². The summed E-state index contributed by atoms with van der Waals surface area (Å²) in [6.07, 6.45) is 3.80. The first-order valence-electron chi connectivity index (χ1n) is 11.4. The van der Waals surface area contributed by atoms with Gasteiger partial charge >= 0.3 is 0 Å². The smallest absolute Gasteiger partial charge is 0.269 e. The molecule has 0 bridgehead atoms. The first-order chi connectivity index (χ1) is 16.7. The topological polar surface area (TPSA) is 99.0 Å². The molecule has 0 saturated carbocycles. The zero-order valence-corrected chi connectivity index (χ0v) is 19.9. The third-order valence-electron chi connectivity index (χ3n) is 6.21. The monoisotopic (exact) mass is 465 g/mol. The third kappa shape index (κ3) is 4.46. The predicted molar refractivity (Wildman–Crippen MR) is 136 cm³/mol. The molecule has 3 heterocycles. The number of hydrogen-bond acceptors (Lipinski definition) is 4. The molecule has 0 aliphatic carbocycles. The van der Waals surface area contributed by atoms with Crippen LogP contribution in [0.4, 0.5) is 0 Å². The molecule has 2 aromatic carbocycles. The van der Waals surface area contributed by atoms with Gasteiger partial charge in [-0.25, -0.2) is 4.68 Å². The van der Waals surface area contributed by atoms with Crippen molar-refractivity contribution in [2.24, 2.45) is 5.73 Å². The molecule has 5 rings (SSSR count). The maximum absolute atomic E-state index is 11.5. The van der Waals surface area contributed by atoms with Crippen molar-refractivity contribution in [3.8, 4) is 16.9 Å². The van der Waals surface area contributed by atoms with Gasteiger partial charge in [-0.3, -0.25) is 9.78 Å². The number of carbonyl (C=O) groups excluding carboxylic acids is 1. The summed E-state index contributed by atoms with van der Waals surface area (Å²) >= 11 is 0. The molecule has 7 heteroatoms. The minimum absolute atomic E-state index is 0.256. The molecule has 0 spiro atoms. The van der Waals surface area contributed by atoms with Crippen LogP contribution in [0.25, 0.3) is 27.8 Å². The van der Waals surface area contributed by atoms with Gasteiger partial charge in [0.1, 0.15) is 0 Å². The van der Waals surface area contributed by atoms with E-state index in [1.807, 2.05) is 25.1 Å². The number of benzene rings is 2. The predicted octanol–water partition coefficient (Wildman–Crippen LogP) is 4.57. The fourth-order valence-corrected chi connectivity index (χ4v) is 4.22. The van der Waals surface area contributed by atoms with E-state index in [-0.39, 0.29) is 5.69 Å². The largest absolute Gasteiger partial charge is 0.386 e. The van der Waals surface area contributed by atoms with Crippen LogP contribution in [0.1, 0.15) is 41.2 Å². The van der Waals surface area contributed by atoms with Gasteiger partial charge in [-0.1, -0.05) is 30.3 Å². The number of primary amides is 1. The zero-order valence-electron chi connectivity index (χ0n) is 19.9. The lowest BCUT2D eigenvalue weighted by atomic mass is 9.99. The fourth-order valence-electron chi connectivity index (χ4n) is 4.22. The number of nitrogens with zero attached hydrogens (tertiary/aromatic N) is 4. The molecular formula is C28H27N5O2. The minimum atomic E-state index is -0.903. The van der Waals surface area contributed by atoms with E-state index >= 15 is 0 Å². The van der Waals surface area contributed by atoms with Crippen molar-refractivity contribution in [3.63, 3.8) is 0 Å². The molecule has 5 aromatic rings. The highest BCUT2D eigenvalue weighted by Crippen LogP contribution is 2.25. The van der Waals surface area contributed by atoms with Gasteiger partial charge in [0.25, 0.3) is 5.91 Å². The van der Waals surface area contributed by atoms with Crippen molar-refractivity contribution < 1.29 is 9.90 Å². The van der Waals surface area contributed by atoms with Crippen LogP contribution in [0.5, 0.6) is 0 Å². The molecule has 0 saturated heterocycles. The van der Waals surface area contributed by atoms with Crippen LogP contribution in [0, 0.1) is 6.92 Å². The first kappa shape index (κ1) is 22.6. The maximum Gasteiger partial charge on any atom is 0.269 e. The Kier molecular flexibility index (Phi) is 5.49. The summed E-state index contributed by atoms with van der Waals surface area (Å²) in [5.74, 6) is -0.535. The minimum Gasteiger partial charge on any atom is -0.386 e. The quantitative estimate of drug-likeness (QED) is 0.384. The average molecular weight is 466 g/mol. The Hall–Kier alpha value is -4.23. The molecule has 35 heavy (non-hydrogen) atoms. The molecular weight excluding hydrogens is 438 g/mol. The number of aliphatic hydroxyl groups is 1. The number of aryl methyl sites for hydroxylation is 1. The lowest BCUT2D eigenvalue weighted by Crippen LogP contribution is -2.15. The lowest BCUT2D eigenvalue weighted by Gasteiger charge is -2.17. The third-order valence-corrected chi connectivity index (χ3v) is 6.21. The summed E-state index contributed by atoms with van der Waals surface area (Å²) in [5, 5.41) is 15.5. The molecule has 0 aliphatic rings. The standard InChI is InChI=1S/C28H27N5O2/c1-18-14-25(27(29)34)31-33(18)23-9-11-26-21(15-23)12-13-32(26)17-19-4-6-20(7-5-19)24-10-8-22(16-30-24)28(2,3)35/h4-16,35H,17H2,1-3H3,(H2,29,34). The van der Waals surface area contributed by atoms with Gasteiger partial charge in [0, 0.05) is 46.7 Å². The molecule has 0 radical (unpaired) electrons. The van der Waals surface area contributed by atoms with E-state index < -0.39 is 11.5 Å². The van der Waals surface area contributed by atoms with E-state index in [9.17, 15) is 9.90 Å². The number of pyridine rings is 1. The number of amides is 1. The summed E-state index contributed by atoms with van der Waals surface area (Å²) in [7, 11) is 0. The van der Waals surface area contributed by atoms with E-state index in [1.54, 1.807) is 30.8 Å². The summed E-state index contributed by atoms with van der Waals surface area (Å²) in [4.78, 5) is 16.0. The molecule has 0 unspecified atom stereocenters. The van der Waals surface area contributed by atoms with E-state index in [0.717, 1.165) is 45.6 Å². The highest BCUT2D eigenvalue weighted by molar-refractivity contribution is 5.91. The van der Waals surface area contributed by atoms with Gasteiger partial charge in [0.05, 0.1) is 17.0 Å². The molecule has 0 aliphatic heterocycles. The van der Waals surface area contributed by atoms with Crippen LogP contribution in [-0.4, -0.2) is 30.3 Å². The first-order valence-corrected chi connectivity index (χ1v) is 11.4. The van der Waals surface area contributed by atoms with Gasteiger partial charge in [0.2, 0.25) is 0 Å². The number of fused-ring (bicyclic) bond motifs is 1. The Labute approximate surface area is 203 Å². The van der Waals surface area contributed by atoms with Crippen LogP contribution in [0.3, 0.4) is 0 Å². The second kappa shape index (κ2) is 8.52. The van der Waals surface area contributed by atoms with Crippen molar-refractivity contribution in [1.29, 1.82) is 0 Å². The summed E-state index contributed by atoms with van der Waals surface area (Å²) < 4.78 is 3.94. The van der Waals surface area contributed by atoms with Crippen molar-refractivity contribution >= 4 is 16.8 Å². The number of carbonyl (C=O) groups is 1. The van der Waals surface area contributed by atoms with Gasteiger partial charge in [0.15, 0.2) is 5.69 Å². The highest BCUT2D eigenvalue weighted by Gasteiger charge is 2.16. The van der Waals surface area contributed by atoms with Gasteiger partial charge in [-0.05, 0) is 62.7 Å². The molecule has 0 atom stereocenters. The maximum atomic E-state index is 11.5. The summed E-state index contributed by atoms with van der Waals surface area (Å²) in [6.45, 7) is 6.14. The van der Waals surface area contributed by atoms with E-state index in [2.05, 4.69) is 63.3 Å². The zero-order chi connectivity index (χ0) is 24.7. The van der Waals surface area contributed by atoms with Crippen LogP contribution in [0.2, 0.25) is 0 Å². The van der Waals surface area contributed by atoms with Crippen molar-refractivity contribution in [1.82, 2.24) is 19.3 Å². The normalized spacial score (nSPS) is 11.8. The summed E-state index contributed by atoms with van der Waals surface area (Å²) in [5.41, 5.74) is 11.4.